The Bertz CT molecular complexity index is 557. The molecule has 0 bridgehead atoms. The summed E-state index contributed by atoms with van der Waals surface area (Å²) in [5.41, 5.74) is 6.36. The summed E-state index contributed by atoms with van der Waals surface area (Å²) in [5, 5.41) is 0. The minimum Gasteiger partial charge on any atom is -0.406 e. The van der Waals surface area contributed by atoms with Gasteiger partial charge in [-0.2, -0.15) is 0 Å². The highest BCUT2D eigenvalue weighted by molar-refractivity contribution is 5.63. The van der Waals surface area contributed by atoms with E-state index in [-0.39, 0.29) is 11.6 Å². The standard InChI is InChI=1S/C11H8F3N3O/c12-11(13,14)18-8-3-1-2-7(4-8)9-5-10(15)17-6-16-9/h1-6H,(H2,15,16,17). The molecule has 94 valence electrons. The summed E-state index contributed by atoms with van der Waals surface area (Å²) in [7, 11) is 0. The van der Waals surface area contributed by atoms with E-state index < -0.39 is 6.36 Å². The van der Waals surface area contributed by atoms with Gasteiger partial charge >= 0.3 is 6.36 Å². The molecule has 0 unspecified atom stereocenters. The maximum Gasteiger partial charge on any atom is 0.573 e. The number of nitrogens with two attached hydrogens (primary N) is 1. The number of alkyl halides is 3. The molecule has 0 aliphatic heterocycles. The quantitative estimate of drug-likeness (QED) is 0.896. The van der Waals surface area contributed by atoms with Crippen LogP contribution in [0, 0.1) is 0 Å². The number of ether oxygens (including phenoxy) is 1. The lowest BCUT2D eigenvalue weighted by Crippen LogP contribution is -2.17. The fraction of sp³-hybridized carbons (Fsp3) is 0.0909. The molecule has 0 radical (unpaired) electrons. The minimum absolute atomic E-state index is 0.238. The average Bonchev–Trinajstić information content (AvgIpc) is 2.27. The highest BCUT2D eigenvalue weighted by Gasteiger charge is 2.31. The van der Waals surface area contributed by atoms with Crippen LogP contribution in [-0.4, -0.2) is 16.3 Å². The molecule has 0 saturated heterocycles. The van der Waals surface area contributed by atoms with Crippen molar-refractivity contribution in [2.24, 2.45) is 0 Å². The van der Waals surface area contributed by atoms with E-state index in [4.69, 9.17) is 5.73 Å². The molecule has 4 nitrogen and oxygen atoms in total. The molecule has 0 fully saturated rings. The Morgan fingerprint density at radius 2 is 1.89 bits per heavy atom. The van der Waals surface area contributed by atoms with Crippen molar-refractivity contribution in [2.75, 3.05) is 5.73 Å². The van der Waals surface area contributed by atoms with Crippen molar-refractivity contribution >= 4 is 5.82 Å². The Morgan fingerprint density at radius 1 is 1.11 bits per heavy atom. The van der Waals surface area contributed by atoms with Crippen molar-refractivity contribution in [1.29, 1.82) is 0 Å². The smallest absolute Gasteiger partial charge is 0.406 e. The van der Waals surface area contributed by atoms with E-state index in [1.165, 1.54) is 30.6 Å². The van der Waals surface area contributed by atoms with Crippen LogP contribution in [0.15, 0.2) is 36.7 Å². The maximum atomic E-state index is 12.1. The summed E-state index contributed by atoms with van der Waals surface area (Å²) in [6, 6.07) is 6.95. The minimum atomic E-state index is -4.72. The zero-order valence-corrected chi connectivity index (χ0v) is 8.98. The first-order valence-electron chi connectivity index (χ1n) is 4.88. The first-order valence-corrected chi connectivity index (χ1v) is 4.88. The Labute approximate surface area is 100 Å². The van der Waals surface area contributed by atoms with Gasteiger partial charge in [-0.3, -0.25) is 0 Å². The number of hydrogen-bond donors (Lipinski definition) is 1. The van der Waals surface area contributed by atoms with Crippen molar-refractivity contribution in [1.82, 2.24) is 9.97 Å². The summed E-state index contributed by atoms with van der Waals surface area (Å²) in [6.45, 7) is 0. The van der Waals surface area contributed by atoms with Crippen LogP contribution in [0.2, 0.25) is 0 Å². The van der Waals surface area contributed by atoms with Gasteiger partial charge < -0.3 is 10.5 Å². The Morgan fingerprint density at radius 3 is 2.56 bits per heavy atom. The summed E-state index contributed by atoms with van der Waals surface area (Å²) < 4.78 is 40.0. The molecule has 7 heteroatoms. The van der Waals surface area contributed by atoms with E-state index in [2.05, 4.69) is 14.7 Å². The van der Waals surface area contributed by atoms with Gasteiger partial charge in [0.05, 0.1) is 5.69 Å². The second-order valence-corrected chi connectivity index (χ2v) is 3.40. The largest absolute Gasteiger partial charge is 0.573 e. The van der Waals surface area contributed by atoms with Gasteiger partial charge in [-0.25, -0.2) is 9.97 Å². The SMILES string of the molecule is Nc1cc(-c2cccc(OC(F)(F)F)c2)ncn1. The van der Waals surface area contributed by atoms with Crippen molar-refractivity contribution in [3.63, 3.8) is 0 Å². The van der Waals surface area contributed by atoms with E-state index in [1.54, 1.807) is 6.07 Å². The third-order valence-electron chi connectivity index (χ3n) is 2.05. The Hall–Kier alpha value is -2.31. The zero-order valence-electron chi connectivity index (χ0n) is 8.98. The predicted molar refractivity (Wildman–Crippen MR) is 58.6 cm³/mol. The van der Waals surface area contributed by atoms with Crippen LogP contribution < -0.4 is 10.5 Å². The Kier molecular flexibility index (Phi) is 3.05. The van der Waals surface area contributed by atoms with Crippen LogP contribution in [0.5, 0.6) is 5.75 Å². The summed E-state index contributed by atoms with van der Waals surface area (Å²) in [5.74, 6) is -0.0701. The van der Waals surface area contributed by atoms with Gasteiger partial charge in [0, 0.05) is 11.6 Å². The molecule has 18 heavy (non-hydrogen) atoms. The van der Waals surface area contributed by atoms with E-state index in [0.29, 0.717) is 11.3 Å². The highest BCUT2D eigenvalue weighted by Crippen LogP contribution is 2.27. The van der Waals surface area contributed by atoms with Gasteiger partial charge in [0.15, 0.2) is 0 Å². The van der Waals surface area contributed by atoms with E-state index in [0.717, 1.165) is 0 Å². The van der Waals surface area contributed by atoms with Crippen molar-refractivity contribution in [3.8, 4) is 17.0 Å². The molecule has 2 N–H and O–H groups in total. The third kappa shape index (κ3) is 3.09. The number of rotatable bonds is 2. The first kappa shape index (κ1) is 12.2. The maximum absolute atomic E-state index is 12.1. The van der Waals surface area contributed by atoms with Gasteiger partial charge in [0.2, 0.25) is 0 Å². The lowest BCUT2D eigenvalue weighted by atomic mass is 10.1. The van der Waals surface area contributed by atoms with Crippen molar-refractivity contribution < 1.29 is 17.9 Å². The molecule has 2 aromatic rings. The van der Waals surface area contributed by atoms with Crippen LogP contribution in [0.3, 0.4) is 0 Å². The van der Waals surface area contributed by atoms with Gasteiger partial charge in [0.25, 0.3) is 0 Å². The summed E-state index contributed by atoms with van der Waals surface area (Å²) in [4.78, 5) is 7.62. The van der Waals surface area contributed by atoms with Crippen LogP contribution in [0.25, 0.3) is 11.3 Å². The van der Waals surface area contributed by atoms with Crippen molar-refractivity contribution in [3.05, 3.63) is 36.7 Å². The molecule has 1 aromatic heterocycles. The molecule has 0 amide bonds. The lowest BCUT2D eigenvalue weighted by molar-refractivity contribution is -0.274. The second kappa shape index (κ2) is 4.52. The number of hydrogen-bond acceptors (Lipinski definition) is 4. The highest BCUT2D eigenvalue weighted by atomic mass is 19.4. The zero-order chi connectivity index (χ0) is 13.2. The third-order valence-corrected chi connectivity index (χ3v) is 2.05. The lowest BCUT2D eigenvalue weighted by Gasteiger charge is -2.09. The molecule has 0 aliphatic rings. The van der Waals surface area contributed by atoms with Crippen LogP contribution >= 0.6 is 0 Å². The normalized spacial score (nSPS) is 11.3. The van der Waals surface area contributed by atoms with Gasteiger partial charge in [-0.15, -0.1) is 13.2 Å². The monoisotopic (exact) mass is 255 g/mol. The molecule has 1 aromatic carbocycles. The fourth-order valence-electron chi connectivity index (χ4n) is 1.38. The van der Waals surface area contributed by atoms with E-state index in [9.17, 15) is 13.2 Å². The van der Waals surface area contributed by atoms with Gasteiger partial charge in [-0.05, 0) is 12.1 Å². The molecule has 0 atom stereocenters. The van der Waals surface area contributed by atoms with E-state index in [1.807, 2.05) is 0 Å². The molecular formula is C11H8F3N3O. The predicted octanol–water partition coefficient (Wildman–Crippen LogP) is 2.62. The topological polar surface area (TPSA) is 61.0 Å². The average molecular weight is 255 g/mol. The Balaban J connectivity index is 2.33. The van der Waals surface area contributed by atoms with Crippen LogP contribution in [0.1, 0.15) is 0 Å². The molecule has 2 rings (SSSR count). The summed E-state index contributed by atoms with van der Waals surface area (Å²) >= 11 is 0. The molecule has 0 spiro atoms. The molecule has 0 saturated carbocycles. The second-order valence-electron chi connectivity index (χ2n) is 3.40. The number of benzene rings is 1. The number of nitrogens with zero attached hydrogens (tertiary/aromatic N) is 2. The number of aromatic nitrogens is 2. The number of halogens is 3. The molecule has 1 heterocycles. The molecular weight excluding hydrogens is 247 g/mol. The number of nitrogen functional groups attached to an aromatic ring is 1. The number of anilines is 1. The summed E-state index contributed by atoms with van der Waals surface area (Å²) in [6.07, 6.45) is -3.48. The molecule has 0 aliphatic carbocycles. The van der Waals surface area contributed by atoms with E-state index >= 15 is 0 Å². The van der Waals surface area contributed by atoms with Crippen LogP contribution in [-0.2, 0) is 0 Å². The van der Waals surface area contributed by atoms with Crippen LogP contribution in [0.4, 0.5) is 19.0 Å². The van der Waals surface area contributed by atoms with Gasteiger partial charge in [-0.1, -0.05) is 12.1 Å². The van der Waals surface area contributed by atoms with Crippen molar-refractivity contribution in [2.45, 2.75) is 6.36 Å². The fourth-order valence-corrected chi connectivity index (χ4v) is 1.38. The van der Waals surface area contributed by atoms with Gasteiger partial charge in [0.1, 0.15) is 17.9 Å². The first-order chi connectivity index (χ1) is 8.44.